The Morgan fingerprint density at radius 1 is 1.27 bits per heavy atom. The van der Waals surface area contributed by atoms with Gasteiger partial charge in [-0.3, -0.25) is 0 Å². The van der Waals surface area contributed by atoms with Gasteiger partial charge in [0.15, 0.2) is 5.60 Å². The second-order valence-electron chi connectivity index (χ2n) is 3.94. The lowest BCUT2D eigenvalue weighted by atomic mass is 10.0. The van der Waals surface area contributed by atoms with E-state index in [0.717, 1.165) is 18.6 Å². The van der Waals surface area contributed by atoms with Crippen LogP contribution in [-0.2, 0) is 9.47 Å². The van der Waals surface area contributed by atoms with Crippen LogP contribution in [0.15, 0.2) is 30.3 Å². The van der Waals surface area contributed by atoms with Gasteiger partial charge in [0.2, 0.25) is 0 Å². The summed E-state index contributed by atoms with van der Waals surface area (Å²) in [5, 5.41) is 0. The zero-order chi connectivity index (χ0) is 10.1. The van der Waals surface area contributed by atoms with Crippen molar-refractivity contribution in [2.45, 2.75) is 18.1 Å². The lowest BCUT2D eigenvalue weighted by Gasteiger charge is -2.11. The molecule has 0 saturated carbocycles. The van der Waals surface area contributed by atoms with Gasteiger partial charge in [0.25, 0.3) is 0 Å². The fraction of sp³-hybridized carbons (Fsp3) is 0.385. The molecule has 2 saturated heterocycles. The second-order valence-corrected chi connectivity index (χ2v) is 3.94. The first-order valence-electron chi connectivity index (χ1n) is 5.23. The molecule has 3 rings (SSSR count). The first-order valence-corrected chi connectivity index (χ1v) is 5.23. The van der Waals surface area contributed by atoms with Crippen LogP contribution >= 0.6 is 0 Å². The highest BCUT2D eigenvalue weighted by Crippen LogP contribution is 2.42. The van der Waals surface area contributed by atoms with Crippen LogP contribution in [0, 0.1) is 11.8 Å². The molecule has 0 aromatic heterocycles. The number of benzene rings is 1. The molecule has 2 aliphatic heterocycles. The zero-order valence-corrected chi connectivity index (χ0v) is 8.40. The predicted octanol–water partition coefficient (Wildman–Crippen LogP) is 1.60. The van der Waals surface area contributed by atoms with Gasteiger partial charge in [-0.15, -0.1) is 0 Å². The molecule has 0 N–H and O–H groups in total. The maximum absolute atomic E-state index is 5.59. The van der Waals surface area contributed by atoms with Crippen LogP contribution < -0.4 is 0 Å². The van der Waals surface area contributed by atoms with E-state index in [0.29, 0.717) is 6.61 Å². The maximum atomic E-state index is 5.59. The van der Waals surface area contributed by atoms with E-state index in [1.165, 1.54) is 0 Å². The number of hydrogen-bond acceptors (Lipinski definition) is 2. The lowest BCUT2D eigenvalue weighted by molar-refractivity contribution is 0.105. The van der Waals surface area contributed by atoms with Crippen LogP contribution in [0.3, 0.4) is 0 Å². The molecular weight excluding hydrogens is 188 g/mol. The molecule has 2 aliphatic rings. The SMILES string of the molecule is C(#CC12CCOCC1O2)c1ccccc1. The molecule has 2 unspecified atom stereocenters. The molecule has 0 aliphatic carbocycles. The van der Waals surface area contributed by atoms with Gasteiger partial charge in [-0.05, 0) is 12.1 Å². The molecular formula is C13H12O2. The second kappa shape index (κ2) is 3.37. The Kier molecular flexibility index (Phi) is 2.02. The summed E-state index contributed by atoms with van der Waals surface area (Å²) in [7, 11) is 0. The Labute approximate surface area is 89.2 Å². The highest BCUT2D eigenvalue weighted by Gasteiger charge is 2.57. The summed E-state index contributed by atoms with van der Waals surface area (Å²) in [5.74, 6) is 6.40. The minimum Gasteiger partial charge on any atom is -0.378 e. The van der Waals surface area contributed by atoms with Crippen molar-refractivity contribution in [3.05, 3.63) is 35.9 Å². The zero-order valence-electron chi connectivity index (χ0n) is 8.40. The first-order chi connectivity index (χ1) is 7.39. The number of ether oxygens (including phenoxy) is 2. The molecule has 0 radical (unpaired) electrons. The molecule has 76 valence electrons. The van der Waals surface area contributed by atoms with Gasteiger partial charge in [-0.1, -0.05) is 30.0 Å². The first kappa shape index (κ1) is 8.96. The van der Waals surface area contributed by atoms with Gasteiger partial charge in [-0.25, -0.2) is 0 Å². The molecule has 2 heteroatoms. The average molecular weight is 200 g/mol. The van der Waals surface area contributed by atoms with E-state index in [1.54, 1.807) is 0 Å². The van der Waals surface area contributed by atoms with E-state index in [2.05, 4.69) is 11.8 Å². The summed E-state index contributed by atoms with van der Waals surface area (Å²) in [6, 6.07) is 10.0. The average Bonchev–Trinajstić information content (AvgIpc) is 3.03. The molecule has 1 aromatic rings. The Balaban J connectivity index is 1.79. The number of epoxide rings is 1. The quantitative estimate of drug-likeness (QED) is 0.468. The fourth-order valence-electron chi connectivity index (χ4n) is 1.89. The Hall–Kier alpha value is -1.30. The van der Waals surface area contributed by atoms with Crippen molar-refractivity contribution in [3.8, 4) is 11.8 Å². The predicted molar refractivity (Wildman–Crippen MR) is 56.4 cm³/mol. The normalized spacial score (nSPS) is 32.4. The van der Waals surface area contributed by atoms with Gasteiger partial charge in [0.05, 0.1) is 13.2 Å². The summed E-state index contributed by atoms with van der Waals surface area (Å²) in [4.78, 5) is 0. The molecule has 2 fully saturated rings. The van der Waals surface area contributed by atoms with Crippen LogP contribution in [0.25, 0.3) is 0 Å². The van der Waals surface area contributed by atoms with E-state index in [-0.39, 0.29) is 11.7 Å². The van der Waals surface area contributed by atoms with E-state index in [9.17, 15) is 0 Å². The van der Waals surface area contributed by atoms with Crippen LogP contribution in [0.4, 0.5) is 0 Å². The number of rotatable bonds is 0. The standard InChI is InChI=1S/C13H12O2/c1-2-4-11(5-3-1)6-7-13-8-9-14-10-12(13)15-13/h1-5,12H,8-10H2. The van der Waals surface area contributed by atoms with Gasteiger partial charge >= 0.3 is 0 Å². The number of hydrogen-bond donors (Lipinski definition) is 0. The summed E-state index contributed by atoms with van der Waals surface area (Å²) in [5.41, 5.74) is 0.862. The van der Waals surface area contributed by atoms with Crippen LogP contribution in [0.2, 0.25) is 0 Å². The molecule has 1 aromatic carbocycles. The highest BCUT2D eigenvalue weighted by atomic mass is 16.6. The molecule has 0 amide bonds. The maximum Gasteiger partial charge on any atom is 0.160 e. The van der Waals surface area contributed by atoms with E-state index < -0.39 is 0 Å². The van der Waals surface area contributed by atoms with Gasteiger partial charge in [0, 0.05) is 12.0 Å². The fourth-order valence-corrected chi connectivity index (χ4v) is 1.89. The van der Waals surface area contributed by atoms with Crippen molar-refractivity contribution >= 4 is 0 Å². The van der Waals surface area contributed by atoms with Crippen molar-refractivity contribution in [1.29, 1.82) is 0 Å². The van der Waals surface area contributed by atoms with Crippen molar-refractivity contribution in [3.63, 3.8) is 0 Å². The van der Waals surface area contributed by atoms with Crippen molar-refractivity contribution in [2.24, 2.45) is 0 Å². The molecule has 0 bridgehead atoms. The van der Waals surface area contributed by atoms with Crippen molar-refractivity contribution in [2.75, 3.05) is 13.2 Å². The third kappa shape index (κ3) is 1.65. The van der Waals surface area contributed by atoms with E-state index in [4.69, 9.17) is 9.47 Å². The van der Waals surface area contributed by atoms with Crippen molar-refractivity contribution < 1.29 is 9.47 Å². The molecule has 0 spiro atoms. The third-order valence-corrected chi connectivity index (χ3v) is 2.89. The Bertz CT molecular complexity index is 415. The third-order valence-electron chi connectivity index (χ3n) is 2.89. The van der Waals surface area contributed by atoms with Gasteiger partial charge < -0.3 is 9.47 Å². The molecule has 2 atom stereocenters. The molecule has 2 heterocycles. The highest BCUT2D eigenvalue weighted by molar-refractivity contribution is 5.39. The smallest absolute Gasteiger partial charge is 0.160 e. The van der Waals surface area contributed by atoms with Crippen LogP contribution in [-0.4, -0.2) is 24.9 Å². The minimum absolute atomic E-state index is 0.186. The topological polar surface area (TPSA) is 21.8 Å². The summed E-state index contributed by atoms with van der Waals surface area (Å²) in [6.45, 7) is 1.46. The van der Waals surface area contributed by atoms with Gasteiger partial charge in [-0.2, -0.15) is 0 Å². The van der Waals surface area contributed by atoms with Crippen LogP contribution in [0.1, 0.15) is 12.0 Å². The molecule has 2 nitrogen and oxygen atoms in total. The van der Waals surface area contributed by atoms with E-state index in [1.807, 2.05) is 30.3 Å². The molecule has 15 heavy (non-hydrogen) atoms. The summed E-state index contributed by atoms with van der Waals surface area (Å²) >= 11 is 0. The van der Waals surface area contributed by atoms with Crippen molar-refractivity contribution in [1.82, 2.24) is 0 Å². The summed E-state index contributed by atoms with van der Waals surface area (Å²) in [6.07, 6.45) is 1.11. The summed E-state index contributed by atoms with van der Waals surface area (Å²) < 4.78 is 10.9. The largest absolute Gasteiger partial charge is 0.378 e. The lowest BCUT2D eigenvalue weighted by Crippen LogP contribution is -2.24. The number of fused-ring (bicyclic) bond motifs is 1. The monoisotopic (exact) mass is 200 g/mol. The van der Waals surface area contributed by atoms with E-state index >= 15 is 0 Å². The van der Waals surface area contributed by atoms with Crippen LogP contribution in [0.5, 0.6) is 0 Å². The van der Waals surface area contributed by atoms with Gasteiger partial charge in [0.1, 0.15) is 6.10 Å². The Morgan fingerprint density at radius 3 is 2.93 bits per heavy atom. The Morgan fingerprint density at radius 2 is 2.13 bits per heavy atom. The minimum atomic E-state index is -0.186.